The number of nitrogens with zero attached hydrogens (tertiary/aromatic N) is 3. The molecule has 0 saturated heterocycles. The Hall–Kier alpha value is -1.88. The fourth-order valence-electron chi connectivity index (χ4n) is 1.93. The predicted octanol–water partition coefficient (Wildman–Crippen LogP) is 2.60. The van der Waals surface area contributed by atoms with Gasteiger partial charge in [0.25, 0.3) is 0 Å². The first kappa shape index (κ1) is 14.5. The van der Waals surface area contributed by atoms with Crippen LogP contribution in [0.3, 0.4) is 0 Å². The molecule has 0 unspecified atom stereocenters. The molecule has 0 fully saturated rings. The third-order valence-electron chi connectivity index (χ3n) is 3.03. The van der Waals surface area contributed by atoms with Crippen molar-refractivity contribution in [2.24, 2.45) is 0 Å². The lowest BCUT2D eigenvalue weighted by Gasteiger charge is -2.17. The minimum Gasteiger partial charge on any atom is -0.407 e. The van der Waals surface area contributed by atoms with E-state index in [4.69, 9.17) is 4.42 Å². The quantitative estimate of drug-likeness (QED) is 0.750. The van der Waals surface area contributed by atoms with Gasteiger partial charge in [-0.25, -0.2) is 0 Å². The van der Waals surface area contributed by atoms with E-state index in [-0.39, 0.29) is 0 Å². The molecule has 0 aliphatic rings. The van der Waals surface area contributed by atoms with E-state index in [1.807, 2.05) is 18.2 Å². The Morgan fingerprint density at radius 2 is 1.95 bits per heavy atom. The summed E-state index contributed by atoms with van der Waals surface area (Å²) in [6, 6.07) is 10.9. The van der Waals surface area contributed by atoms with Crippen molar-refractivity contribution in [3.8, 4) is 0 Å². The standard InChI is InChI=1S/C15H22N4O/c1-3-10-16-11-14-17-18-15(20-14)19(4-2)12-13-8-6-5-7-9-13/h5-9,16H,3-4,10-12H2,1-2H3. The lowest BCUT2D eigenvalue weighted by molar-refractivity contribution is 0.461. The van der Waals surface area contributed by atoms with Gasteiger partial charge in [-0.1, -0.05) is 42.4 Å². The van der Waals surface area contributed by atoms with Gasteiger partial charge in [-0.3, -0.25) is 0 Å². The SMILES string of the molecule is CCCNCc1nnc(N(CC)Cc2ccccc2)o1. The lowest BCUT2D eigenvalue weighted by atomic mass is 10.2. The molecule has 1 aromatic carbocycles. The first-order valence-corrected chi connectivity index (χ1v) is 7.15. The van der Waals surface area contributed by atoms with Crippen LogP contribution in [0.25, 0.3) is 0 Å². The Kier molecular flexibility index (Phi) is 5.55. The second-order valence-electron chi connectivity index (χ2n) is 4.65. The Labute approximate surface area is 120 Å². The number of hydrogen-bond donors (Lipinski definition) is 1. The number of benzene rings is 1. The van der Waals surface area contributed by atoms with Gasteiger partial charge in [0.1, 0.15) is 0 Å². The van der Waals surface area contributed by atoms with Crippen LogP contribution in [0, 0.1) is 0 Å². The molecule has 0 atom stereocenters. The van der Waals surface area contributed by atoms with Gasteiger partial charge >= 0.3 is 6.01 Å². The van der Waals surface area contributed by atoms with Crippen LogP contribution in [0.2, 0.25) is 0 Å². The Bertz CT molecular complexity index is 498. The smallest absolute Gasteiger partial charge is 0.318 e. The molecule has 0 bridgehead atoms. The molecule has 0 spiro atoms. The summed E-state index contributed by atoms with van der Waals surface area (Å²) in [5.74, 6) is 0.639. The predicted molar refractivity (Wildman–Crippen MR) is 79.5 cm³/mol. The maximum Gasteiger partial charge on any atom is 0.318 e. The van der Waals surface area contributed by atoms with Crippen LogP contribution in [0.1, 0.15) is 31.7 Å². The molecule has 2 aromatic rings. The van der Waals surface area contributed by atoms with Crippen molar-refractivity contribution in [3.63, 3.8) is 0 Å². The summed E-state index contributed by atoms with van der Waals surface area (Å²) < 4.78 is 5.70. The van der Waals surface area contributed by atoms with Crippen molar-refractivity contribution in [3.05, 3.63) is 41.8 Å². The molecule has 0 amide bonds. The molecule has 0 aliphatic carbocycles. The van der Waals surface area contributed by atoms with Crippen molar-refractivity contribution < 1.29 is 4.42 Å². The molecule has 1 heterocycles. The van der Waals surface area contributed by atoms with Crippen LogP contribution in [-0.2, 0) is 13.1 Å². The third-order valence-corrected chi connectivity index (χ3v) is 3.03. The average Bonchev–Trinajstić information content (AvgIpc) is 2.95. The summed E-state index contributed by atoms with van der Waals surface area (Å²) >= 11 is 0. The summed E-state index contributed by atoms with van der Waals surface area (Å²) in [5.41, 5.74) is 1.23. The minimum atomic E-state index is 0.588. The first-order valence-electron chi connectivity index (χ1n) is 7.15. The molecule has 20 heavy (non-hydrogen) atoms. The highest BCUT2D eigenvalue weighted by atomic mass is 16.4. The maximum atomic E-state index is 5.70. The first-order chi connectivity index (χ1) is 9.83. The molecule has 108 valence electrons. The fraction of sp³-hybridized carbons (Fsp3) is 0.467. The van der Waals surface area contributed by atoms with E-state index >= 15 is 0 Å². The van der Waals surface area contributed by atoms with Crippen LogP contribution < -0.4 is 10.2 Å². The van der Waals surface area contributed by atoms with Crippen molar-refractivity contribution in [1.82, 2.24) is 15.5 Å². The summed E-state index contributed by atoms with van der Waals surface area (Å²) in [4.78, 5) is 2.08. The molecular weight excluding hydrogens is 252 g/mol. The molecule has 0 saturated carbocycles. The van der Waals surface area contributed by atoms with Gasteiger partial charge in [-0.2, -0.15) is 0 Å². The summed E-state index contributed by atoms with van der Waals surface area (Å²) in [7, 11) is 0. The van der Waals surface area contributed by atoms with Crippen LogP contribution in [0.4, 0.5) is 6.01 Å². The zero-order valence-corrected chi connectivity index (χ0v) is 12.2. The number of rotatable bonds is 8. The zero-order chi connectivity index (χ0) is 14.2. The highest BCUT2D eigenvalue weighted by molar-refractivity contribution is 5.28. The van der Waals surface area contributed by atoms with Gasteiger partial charge in [0.05, 0.1) is 6.54 Å². The average molecular weight is 274 g/mol. The largest absolute Gasteiger partial charge is 0.407 e. The molecule has 2 rings (SSSR count). The Morgan fingerprint density at radius 3 is 2.65 bits per heavy atom. The second-order valence-corrected chi connectivity index (χ2v) is 4.65. The Morgan fingerprint density at radius 1 is 1.15 bits per heavy atom. The molecule has 0 aliphatic heterocycles. The van der Waals surface area contributed by atoms with Crippen LogP contribution in [-0.4, -0.2) is 23.3 Å². The Balaban J connectivity index is 1.97. The summed E-state index contributed by atoms with van der Waals surface area (Å²) in [5, 5.41) is 11.5. The normalized spacial score (nSPS) is 10.7. The monoisotopic (exact) mass is 274 g/mol. The van der Waals surface area contributed by atoms with E-state index in [9.17, 15) is 0 Å². The minimum absolute atomic E-state index is 0.588. The van der Waals surface area contributed by atoms with E-state index < -0.39 is 0 Å². The van der Waals surface area contributed by atoms with E-state index in [1.54, 1.807) is 0 Å². The van der Waals surface area contributed by atoms with Crippen LogP contribution >= 0.6 is 0 Å². The number of aromatic nitrogens is 2. The van der Waals surface area contributed by atoms with Gasteiger partial charge in [-0.15, -0.1) is 5.10 Å². The second kappa shape index (κ2) is 7.65. The van der Waals surface area contributed by atoms with Gasteiger partial charge in [-0.05, 0) is 25.5 Å². The van der Waals surface area contributed by atoms with Gasteiger partial charge in [0, 0.05) is 13.1 Å². The number of anilines is 1. The molecule has 1 N–H and O–H groups in total. The van der Waals surface area contributed by atoms with Gasteiger partial charge in [0.2, 0.25) is 5.89 Å². The molecule has 5 nitrogen and oxygen atoms in total. The van der Waals surface area contributed by atoms with Crippen molar-refractivity contribution >= 4 is 6.01 Å². The van der Waals surface area contributed by atoms with E-state index in [0.29, 0.717) is 18.5 Å². The van der Waals surface area contributed by atoms with Crippen LogP contribution in [0.5, 0.6) is 0 Å². The number of nitrogens with one attached hydrogen (secondary N) is 1. The topological polar surface area (TPSA) is 54.2 Å². The lowest BCUT2D eigenvalue weighted by Crippen LogP contribution is -2.22. The van der Waals surface area contributed by atoms with Crippen molar-refractivity contribution in [1.29, 1.82) is 0 Å². The van der Waals surface area contributed by atoms with Crippen molar-refractivity contribution in [2.45, 2.75) is 33.4 Å². The van der Waals surface area contributed by atoms with Gasteiger partial charge < -0.3 is 14.6 Å². The summed E-state index contributed by atoms with van der Waals surface area (Å²) in [6.07, 6.45) is 1.09. The van der Waals surface area contributed by atoms with E-state index in [2.05, 4.69) is 46.4 Å². The molecule has 5 heteroatoms. The highest BCUT2D eigenvalue weighted by Gasteiger charge is 2.13. The molecular formula is C15H22N4O. The molecule has 0 radical (unpaired) electrons. The highest BCUT2D eigenvalue weighted by Crippen LogP contribution is 2.15. The fourth-order valence-corrected chi connectivity index (χ4v) is 1.93. The summed E-state index contributed by atoms with van der Waals surface area (Å²) in [6.45, 7) is 7.41. The third kappa shape index (κ3) is 4.06. The maximum absolute atomic E-state index is 5.70. The van der Waals surface area contributed by atoms with Crippen LogP contribution in [0.15, 0.2) is 34.7 Å². The van der Waals surface area contributed by atoms with Gasteiger partial charge in [0.15, 0.2) is 0 Å². The van der Waals surface area contributed by atoms with E-state index in [1.165, 1.54) is 5.56 Å². The molecule has 1 aromatic heterocycles. The van der Waals surface area contributed by atoms with Crippen molar-refractivity contribution in [2.75, 3.05) is 18.0 Å². The van der Waals surface area contributed by atoms with E-state index in [0.717, 1.165) is 26.1 Å². The zero-order valence-electron chi connectivity index (χ0n) is 12.2. The number of hydrogen-bond acceptors (Lipinski definition) is 5.